The summed E-state index contributed by atoms with van der Waals surface area (Å²) in [6, 6.07) is 9.68. The molecule has 2 amide bonds. The summed E-state index contributed by atoms with van der Waals surface area (Å²) in [7, 11) is 0. The maximum absolute atomic E-state index is 13.7. The van der Waals surface area contributed by atoms with Crippen LogP contribution in [-0.2, 0) is 4.79 Å². The number of para-hydroxylation sites is 1. The van der Waals surface area contributed by atoms with Crippen molar-refractivity contribution in [3.8, 4) is 0 Å². The molecule has 4 heterocycles. The average molecular weight is 465 g/mol. The highest BCUT2D eigenvalue weighted by Gasteiger charge is 2.49. The maximum Gasteiger partial charge on any atom is 0.265 e. The first-order valence-corrected chi connectivity index (χ1v) is 12.2. The van der Waals surface area contributed by atoms with Crippen molar-refractivity contribution in [3.05, 3.63) is 52.6 Å². The largest absolute Gasteiger partial charge is 0.352 e. The van der Waals surface area contributed by atoms with E-state index in [1.54, 1.807) is 11.7 Å². The monoisotopic (exact) mass is 464 g/mol. The number of rotatable bonds is 5. The lowest BCUT2D eigenvalue weighted by Gasteiger charge is -2.38. The molecule has 1 N–H and O–H groups in total. The molecule has 0 saturated carbocycles. The van der Waals surface area contributed by atoms with E-state index < -0.39 is 5.92 Å². The first-order valence-electron chi connectivity index (χ1n) is 11.3. The Morgan fingerprint density at radius 3 is 2.52 bits per heavy atom. The van der Waals surface area contributed by atoms with E-state index in [0.29, 0.717) is 23.7 Å². The molecule has 3 atom stereocenters. The van der Waals surface area contributed by atoms with E-state index in [9.17, 15) is 14.4 Å². The van der Waals surface area contributed by atoms with Gasteiger partial charge in [-0.3, -0.25) is 19.4 Å². The van der Waals surface area contributed by atoms with Gasteiger partial charge in [0.2, 0.25) is 5.91 Å². The van der Waals surface area contributed by atoms with E-state index in [1.165, 1.54) is 11.3 Å². The molecule has 2 aliphatic heterocycles. The number of ketones is 1. The predicted molar refractivity (Wildman–Crippen MR) is 127 cm³/mol. The third kappa shape index (κ3) is 3.97. The van der Waals surface area contributed by atoms with Gasteiger partial charge in [-0.2, -0.15) is 0 Å². The number of nitrogens with zero attached hydrogens (tertiary/aromatic N) is 3. The molecule has 2 bridgehead atoms. The van der Waals surface area contributed by atoms with Gasteiger partial charge < -0.3 is 14.8 Å². The molecule has 33 heavy (non-hydrogen) atoms. The van der Waals surface area contributed by atoms with E-state index >= 15 is 0 Å². The van der Waals surface area contributed by atoms with E-state index in [4.69, 9.17) is 0 Å². The van der Waals surface area contributed by atoms with Crippen molar-refractivity contribution in [2.45, 2.75) is 45.7 Å². The van der Waals surface area contributed by atoms with Crippen molar-refractivity contribution in [1.29, 1.82) is 0 Å². The molecule has 2 aromatic heterocycles. The van der Waals surface area contributed by atoms with Crippen LogP contribution >= 0.6 is 11.3 Å². The number of thiazole rings is 1. The Morgan fingerprint density at radius 2 is 1.88 bits per heavy atom. The number of hydrogen-bond donors (Lipinski definition) is 1. The topological polar surface area (TPSA) is 86.4 Å². The molecule has 0 radical (unpaired) electrons. The van der Waals surface area contributed by atoms with E-state index in [1.807, 2.05) is 60.9 Å². The summed E-state index contributed by atoms with van der Waals surface area (Å²) < 4.78 is 0. The summed E-state index contributed by atoms with van der Waals surface area (Å²) >= 11 is 1.34. The summed E-state index contributed by atoms with van der Waals surface area (Å²) in [4.78, 5) is 51.3. The summed E-state index contributed by atoms with van der Waals surface area (Å²) in [6.45, 7) is 7.12. The lowest BCUT2D eigenvalue weighted by Crippen LogP contribution is -2.53. The van der Waals surface area contributed by atoms with Crippen molar-refractivity contribution in [2.24, 2.45) is 11.3 Å². The van der Waals surface area contributed by atoms with Gasteiger partial charge in [-0.25, -0.2) is 0 Å². The Labute approximate surface area is 196 Å². The van der Waals surface area contributed by atoms with Gasteiger partial charge in [0, 0.05) is 30.4 Å². The Balaban J connectivity index is 1.30. The number of aromatic amines is 1. The van der Waals surface area contributed by atoms with Crippen LogP contribution in [0, 0.1) is 11.3 Å². The van der Waals surface area contributed by atoms with Crippen LogP contribution in [0.15, 0.2) is 42.0 Å². The Hall–Kier alpha value is -3.00. The first kappa shape index (κ1) is 21.8. The summed E-state index contributed by atoms with van der Waals surface area (Å²) in [5.74, 6) is -0.463. The zero-order chi connectivity index (χ0) is 23.3. The van der Waals surface area contributed by atoms with E-state index in [0.717, 1.165) is 17.3 Å². The maximum atomic E-state index is 13.7. The fraction of sp³-hybridized carbons (Fsp3) is 0.440. The Bertz CT molecular complexity index is 1180. The number of carbonyl (C=O) groups excluding carboxylic acids is 3. The smallest absolute Gasteiger partial charge is 0.265 e. The SMILES string of the molecule is CC(C)(C)[C@H](CC(=O)c1cc2ccccc2[nH]1)C(=O)N1C[C@@H]2C[C@H]1CN2C(=O)c1cncs1. The molecular weight excluding hydrogens is 436 g/mol. The molecule has 0 spiro atoms. The highest BCUT2D eigenvalue weighted by atomic mass is 32.1. The minimum atomic E-state index is -0.429. The fourth-order valence-electron chi connectivity index (χ4n) is 5.13. The molecular formula is C25H28N4O3S. The minimum Gasteiger partial charge on any atom is -0.352 e. The van der Waals surface area contributed by atoms with Gasteiger partial charge in [-0.05, 0) is 24.0 Å². The summed E-state index contributed by atoms with van der Waals surface area (Å²) in [5.41, 5.74) is 2.76. The second-order valence-electron chi connectivity index (χ2n) is 10.2. The van der Waals surface area contributed by atoms with Gasteiger partial charge >= 0.3 is 0 Å². The highest BCUT2D eigenvalue weighted by molar-refractivity contribution is 7.11. The van der Waals surface area contributed by atoms with Gasteiger partial charge in [-0.15, -0.1) is 11.3 Å². The van der Waals surface area contributed by atoms with Crippen LogP contribution in [0.4, 0.5) is 0 Å². The second kappa shape index (κ2) is 8.09. The lowest BCUT2D eigenvalue weighted by atomic mass is 9.76. The van der Waals surface area contributed by atoms with Crippen molar-refractivity contribution in [3.63, 3.8) is 0 Å². The van der Waals surface area contributed by atoms with Crippen molar-refractivity contribution in [1.82, 2.24) is 19.8 Å². The van der Waals surface area contributed by atoms with Crippen molar-refractivity contribution < 1.29 is 14.4 Å². The number of carbonyl (C=O) groups is 3. The number of hydrogen-bond acceptors (Lipinski definition) is 5. The summed E-state index contributed by atoms with van der Waals surface area (Å²) in [6.07, 6.45) is 2.56. The fourth-order valence-corrected chi connectivity index (χ4v) is 5.71. The molecule has 0 unspecified atom stereocenters. The summed E-state index contributed by atoms with van der Waals surface area (Å²) in [5, 5.41) is 0.988. The molecule has 2 fully saturated rings. The van der Waals surface area contributed by atoms with Crippen LogP contribution in [0.5, 0.6) is 0 Å². The van der Waals surface area contributed by atoms with E-state index in [2.05, 4.69) is 9.97 Å². The third-order valence-electron chi connectivity index (χ3n) is 6.99. The van der Waals surface area contributed by atoms with Crippen molar-refractivity contribution in [2.75, 3.05) is 13.1 Å². The third-order valence-corrected chi connectivity index (χ3v) is 7.75. The van der Waals surface area contributed by atoms with Gasteiger partial charge in [0.1, 0.15) is 4.88 Å². The predicted octanol–water partition coefficient (Wildman–Crippen LogP) is 3.99. The van der Waals surface area contributed by atoms with Crippen LogP contribution in [0.3, 0.4) is 0 Å². The quantitative estimate of drug-likeness (QED) is 0.579. The molecule has 8 heteroatoms. The number of amides is 2. The normalized spacial score (nSPS) is 21.1. The number of nitrogens with one attached hydrogen (secondary N) is 1. The van der Waals surface area contributed by atoms with Crippen molar-refractivity contribution >= 4 is 39.8 Å². The molecule has 172 valence electrons. The van der Waals surface area contributed by atoms with Gasteiger partial charge in [0.25, 0.3) is 5.91 Å². The van der Waals surface area contributed by atoms with Crippen LogP contribution < -0.4 is 0 Å². The number of likely N-dealkylation sites (tertiary alicyclic amines) is 2. The van der Waals surface area contributed by atoms with Gasteiger partial charge in [-0.1, -0.05) is 39.0 Å². The Kier molecular flexibility index (Phi) is 5.35. The van der Waals surface area contributed by atoms with Crippen LogP contribution in [-0.4, -0.2) is 62.5 Å². The minimum absolute atomic E-state index is 0.00143. The standard InChI is InChI=1S/C25H28N4O3S/c1-25(2,3)18(10-21(30)20-8-15-6-4-5-7-19(15)27-20)23(31)28-12-17-9-16(28)13-29(17)24(32)22-11-26-14-33-22/h4-8,11,14,16-18,27H,9-10,12-13H2,1-3H3/t16-,17-,18+/m0/s1. The number of H-pyrrole nitrogens is 1. The average Bonchev–Trinajstić information content (AvgIpc) is 3.57. The molecule has 5 rings (SSSR count). The first-order chi connectivity index (χ1) is 15.7. The molecule has 7 nitrogen and oxygen atoms in total. The molecule has 1 aromatic carbocycles. The number of benzene rings is 1. The van der Waals surface area contributed by atoms with Crippen LogP contribution in [0.1, 0.15) is 53.8 Å². The molecule has 2 aliphatic rings. The van der Waals surface area contributed by atoms with Gasteiger partial charge in [0.05, 0.1) is 35.4 Å². The zero-order valence-corrected chi connectivity index (χ0v) is 19.9. The molecule has 2 saturated heterocycles. The second-order valence-corrected chi connectivity index (χ2v) is 11.1. The highest BCUT2D eigenvalue weighted by Crippen LogP contribution is 2.38. The number of fused-ring (bicyclic) bond motifs is 3. The molecule has 3 aromatic rings. The van der Waals surface area contributed by atoms with Crippen LogP contribution in [0.25, 0.3) is 10.9 Å². The number of aromatic nitrogens is 2. The molecule has 0 aliphatic carbocycles. The number of piperazine rings is 1. The Morgan fingerprint density at radius 1 is 1.15 bits per heavy atom. The zero-order valence-electron chi connectivity index (χ0n) is 19.1. The number of Topliss-reactive ketones (excluding diaryl/α,β-unsaturated/α-hetero) is 1. The van der Waals surface area contributed by atoms with Crippen LogP contribution in [0.2, 0.25) is 0 Å². The van der Waals surface area contributed by atoms with Gasteiger partial charge in [0.15, 0.2) is 5.78 Å². The lowest BCUT2D eigenvalue weighted by molar-refractivity contribution is -0.141. The van der Waals surface area contributed by atoms with E-state index in [-0.39, 0.29) is 41.5 Å².